The van der Waals surface area contributed by atoms with Crippen molar-refractivity contribution in [1.82, 2.24) is 14.9 Å². The lowest BCUT2D eigenvalue weighted by atomic mass is 9.97. The number of aromatic nitrogens is 2. The zero-order valence-electron chi connectivity index (χ0n) is 18.7. The van der Waals surface area contributed by atoms with Gasteiger partial charge in [0.05, 0.1) is 10.8 Å². The summed E-state index contributed by atoms with van der Waals surface area (Å²) in [6.07, 6.45) is 0. The summed E-state index contributed by atoms with van der Waals surface area (Å²) in [6.45, 7) is 3.63. The minimum absolute atomic E-state index is 0.000419. The molecule has 182 valence electrons. The van der Waals surface area contributed by atoms with Gasteiger partial charge in [-0.05, 0) is 56.3 Å². The second kappa shape index (κ2) is 9.37. The van der Waals surface area contributed by atoms with Gasteiger partial charge in [0.15, 0.2) is 11.6 Å². The fourth-order valence-corrected chi connectivity index (χ4v) is 4.54. The number of carbonyl (C=O) groups is 2. The zero-order chi connectivity index (χ0) is 25.3. The highest BCUT2D eigenvalue weighted by Gasteiger charge is 2.36. The molecule has 0 unspecified atom stereocenters. The fourth-order valence-electron chi connectivity index (χ4n) is 3.55. The molecule has 1 aromatic heterocycles. The third kappa shape index (κ3) is 5.43. The molecule has 0 radical (unpaired) electrons. The molecule has 0 saturated carbocycles. The number of likely N-dealkylation sites (tertiary alicyclic amines) is 1. The molecule has 9 nitrogen and oxygen atoms in total. The first-order valence-corrected chi connectivity index (χ1v) is 12.0. The van der Waals surface area contributed by atoms with Gasteiger partial charge in [-0.2, -0.15) is 0 Å². The van der Waals surface area contributed by atoms with E-state index in [1.807, 2.05) is 0 Å². The maximum Gasteiger partial charge on any atom is 0.263 e. The van der Waals surface area contributed by atoms with E-state index in [4.69, 9.17) is 0 Å². The van der Waals surface area contributed by atoms with Crippen molar-refractivity contribution in [3.63, 3.8) is 0 Å². The predicted molar refractivity (Wildman–Crippen MR) is 123 cm³/mol. The topological polar surface area (TPSA) is 121 Å². The maximum absolute atomic E-state index is 13.4. The van der Waals surface area contributed by atoms with Crippen LogP contribution in [0.2, 0.25) is 0 Å². The first kappa shape index (κ1) is 24.2. The van der Waals surface area contributed by atoms with Crippen LogP contribution in [0.5, 0.6) is 0 Å². The molecular formula is C23H21F2N5O4S. The van der Waals surface area contributed by atoms with Crippen molar-refractivity contribution in [1.29, 1.82) is 0 Å². The molecule has 1 aliphatic rings. The highest BCUT2D eigenvalue weighted by atomic mass is 32.2. The fraction of sp³-hybridized carbons (Fsp3) is 0.217. The van der Waals surface area contributed by atoms with Crippen molar-refractivity contribution < 1.29 is 26.8 Å². The molecule has 1 aliphatic heterocycles. The second-order valence-corrected chi connectivity index (χ2v) is 9.78. The van der Waals surface area contributed by atoms with Crippen molar-refractivity contribution in [2.24, 2.45) is 5.92 Å². The van der Waals surface area contributed by atoms with Gasteiger partial charge < -0.3 is 10.2 Å². The number of nitrogens with zero attached hydrogens (tertiary/aromatic N) is 3. The Morgan fingerprint density at radius 1 is 0.971 bits per heavy atom. The van der Waals surface area contributed by atoms with Crippen LogP contribution in [0, 0.1) is 31.4 Å². The van der Waals surface area contributed by atoms with E-state index in [0.29, 0.717) is 17.2 Å². The number of benzene rings is 2. The number of carbonyl (C=O) groups excluding carboxylic acids is 2. The average Bonchev–Trinajstić information content (AvgIpc) is 2.74. The van der Waals surface area contributed by atoms with E-state index >= 15 is 0 Å². The summed E-state index contributed by atoms with van der Waals surface area (Å²) >= 11 is 0. The molecule has 2 N–H and O–H groups in total. The van der Waals surface area contributed by atoms with Crippen LogP contribution in [0.25, 0.3) is 0 Å². The number of sulfonamides is 1. The number of amides is 2. The molecule has 0 atom stereocenters. The van der Waals surface area contributed by atoms with Gasteiger partial charge in [0, 0.05) is 36.1 Å². The first-order valence-electron chi connectivity index (χ1n) is 10.5. The van der Waals surface area contributed by atoms with Gasteiger partial charge in [0.2, 0.25) is 5.91 Å². The normalized spacial score (nSPS) is 13.8. The Morgan fingerprint density at radius 3 is 2.29 bits per heavy atom. The Labute approximate surface area is 200 Å². The van der Waals surface area contributed by atoms with E-state index in [-0.39, 0.29) is 35.3 Å². The lowest BCUT2D eigenvalue weighted by molar-refractivity contribution is -0.123. The summed E-state index contributed by atoms with van der Waals surface area (Å²) in [5.74, 6) is -2.91. The number of hydrogen-bond acceptors (Lipinski definition) is 6. The Balaban J connectivity index is 1.33. The summed E-state index contributed by atoms with van der Waals surface area (Å²) < 4.78 is 54.1. The van der Waals surface area contributed by atoms with Gasteiger partial charge in [-0.25, -0.2) is 27.2 Å². The number of nitrogens with one attached hydrogen (secondary N) is 2. The molecule has 2 amide bonds. The smallest absolute Gasteiger partial charge is 0.263 e. The second-order valence-electron chi connectivity index (χ2n) is 8.10. The van der Waals surface area contributed by atoms with Crippen LogP contribution in [0.4, 0.5) is 20.3 Å². The number of anilines is 2. The Hall–Kier alpha value is -3.93. The van der Waals surface area contributed by atoms with Gasteiger partial charge in [-0.15, -0.1) is 0 Å². The van der Waals surface area contributed by atoms with Crippen molar-refractivity contribution in [2.45, 2.75) is 18.7 Å². The quantitative estimate of drug-likeness (QED) is 0.536. The number of halogens is 2. The number of aryl methyl sites for hydroxylation is 2. The van der Waals surface area contributed by atoms with Crippen LogP contribution in [0.3, 0.4) is 0 Å². The van der Waals surface area contributed by atoms with E-state index in [1.165, 1.54) is 41.3 Å². The van der Waals surface area contributed by atoms with Gasteiger partial charge in [0.25, 0.3) is 15.9 Å². The van der Waals surface area contributed by atoms with Crippen LogP contribution in [0.15, 0.2) is 53.4 Å². The van der Waals surface area contributed by atoms with Crippen molar-refractivity contribution >= 4 is 33.3 Å². The zero-order valence-corrected chi connectivity index (χ0v) is 19.6. The molecule has 12 heteroatoms. The Morgan fingerprint density at radius 2 is 1.66 bits per heavy atom. The van der Waals surface area contributed by atoms with Crippen LogP contribution < -0.4 is 10.0 Å². The largest absolute Gasteiger partial charge is 0.337 e. The first-order chi connectivity index (χ1) is 16.5. The number of rotatable bonds is 6. The van der Waals surface area contributed by atoms with E-state index in [9.17, 15) is 26.8 Å². The third-order valence-electron chi connectivity index (χ3n) is 5.34. The number of hydrogen-bond donors (Lipinski definition) is 2. The van der Waals surface area contributed by atoms with E-state index in [2.05, 4.69) is 20.0 Å². The molecule has 35 heavy (non-hydrogen) atoms. The van der Waals surface area contributed by atoms with Gasteiger partial charge in [-0.1, -0.05) is 0 Å². The summed E-state index contributed by atoms with van der Waals surface area (Å²) in [4.78, 5) is 34.3. The van der Waals surface area contributed by atoms with Crippen LogP contribution in [-0.4, -0.2) is 48.2 Å². The van der Waals surface area contributed by atoms with Crippen molar-refractivity contribution in [3.8, 4) is 0 Å². The monoisotopic (exact) mass is 501 g/mol. The summed E-state index contributed by atoms with van der Waals surface area (Å²) in [5.41, 5.74) is 1.00. The maximum atomic E-state index is 13.4. The average molecular weight is 502 g/mol. The van der Waals surface area contributed by atoms with E-state index < -0.39 is 33.5 Å². The summed E-state index contributed by atoms with van der Waals surface area (Å²) in [5, 5.41) is 2.68. The Bertz CT molecular complexity index is 1390. The van der Waals surface area contributed by atoms with Gasteiger partial charge in [0.1, 0.15) is 11.6 Å². The highest BCUT2D eigenvalue weighted by Crippen LogP contribution is 2.23. The Kier molecular flexibility index (Phi) is 6.48. The predicted octanol–water partition coefficient (Wildman–Crippen LogP) is 2.88. The molecule has 1 fully saturated rings. The minimum atomic E-state index is -3.90. The lowest BCUT2D eigenvalue weighted by Crippen LogP contribution is -2.54. The SMILES string of the molecule is Cc1cc(NS(=O)(=O)c2ccc(NC(=O)C3CN(C(=O)c4ccc(F)c(F)c4)C3)cc2)nc(C)n1. The van der Waals surface area contributed by atoms with Gasteiger partial charge >= 0.3 is 0 Å². The lowest BCUT2D eigenvalue weighted by Gasteiger charge is -2.38. The standard InChI is InChI=1S/C23H21F2N5O4S/c1-13-9-21(27-14(2)26-13)29-35(33,34)18-6-4-17(5-7-18)28-22(31)16-11-30(12-16)23(32)15-3-8-19(24)20(25)10-15/h3-10,16H,11-12H2,1-2H3,(H,28,31)(H,26,27,29). The van der Waals surface area contributed by atoms with Crippen LogP contribution in [0.1, 0.15) is 21.9 Å². The molecule has 2 aromatic carbocycles. The van der Waals surface area contributed by atoms with Gasteiger partial charge in [-0.3, -0.25) is 14.3 Å². The third-order valence-corrected chi connectivity index (χ3v) is 6.71. The molecule has 2 heterocycles. The molecule has 0 aliphatic carbocycles. The van der Waals surface area contributed by atoms with E-state index in [0.717, 1.165) is 12.1 Å². The van der Waals surface area contributed by atoms with Crippen LogP contribution in [-0.2, 0) is 14.8 Å². The van der Waals surface area contributed by atoms with Crippen molar-refractivity contribution in [3.05, 3.63) is 77.2 Å². The van der Waals surface area contributed by atoms with Crippen molar-refractivity contribution in [2.75, 3.05) is 23.1 Å². The van der Waals surface area contributed by atoms with E-state index in [1.54, 1.807) is 13.8 Å². The summed E-state index contributed by atoms with van der Waals surface area (Å²) in [7, 11) is -3.90. The highest BCUT2D eigenvalue weighted by molar-refractivity contribution is 7.92. The molecule has 0 spiro atoms. The molecule has 1 saturated heterocycles. The minimum Gasteiger partial charge on any atom is -0.337 e. The molecule has 3 aromatic rings. The molecule has 4 rings (SSSR count). The molecule has 0 bridgehead atoms. The molecular weight excluding hydrogens is 480 g/mol. The van der Waals surface area contributed by atoms with Crippen LogP contribution >= 0.6 is 0 Å². The summed E-state index contributed by atoms with van der Waals surface area (Å²) in [6, 6.07) is 9.99.